The minimum Gasteiger partial charge on any atom is -1.00 e. The van der Waals surface area contributed by atoms with E-state index in [9.17, 15) is 0 Å². The van der Waals surface area contributed by atoms with Crippen molar-refractivity contribution >= 4 is 0 Å². The van der Waals surface area contributed by atoms with Gasteiger partial charge in [-0.1, -0.05) is 12.1 Å². The molecule has 0 bridgehead atoms. The highest BCUT2D eigenvalue weighted by molar-refractivity contribution is 5.56. The molecule has 0 atom stereocenters. The van der Waals surface area contributed by atoms with Gasteiger partial charge in [-0.05, 0) is 12.1 Å². The average molecular weight is 590 g/mol. The first-order valence-electron chi connectivity index (χ1n) is 7.71. The second kappa shape index (κ2) is 9.90. The van der Waals surface area contributed by atoms with E-state index in [2.05, 4.69) is 0 Å². The first-order valence-corrected chi connectivity index (χ1v) is 7.71. The Labute approximate surface area is 191 Å². The highest BCUT2D eigenvalue weighted by Crippen LogP contribution is 2.17. The van der Waals surface area contributed by atoms with Crippen molar-refractivity contribution in [2.24, 2.45) is 14.1 Å². The molecule has 0 aromatic carbocycles. The molecule has 0 spiro atoms. The Morgan fingerprint density at radius 1 is 0.704 bits per heavy atom. The van der Waals surface area contributed by atoms with Gasteiger partial charge in [-0.15, -0.1) is 0 Å². The predicted octanol–water partition coefficient (Wildman–Crippen LogP) is -5.44. The van der Waals surface area contributed by atoms with Gasteiger partial charge in [0.15, 0.2) is 0 Å². The van der Waals surface area contributed by atoms with Crippen molar-refractivity contribution < 1.29 is 62.6 Å². The van der Waals surface area contributed by atoms with Crippen LogP contribution in [0.15, 0.2) is 73.8 Å². The van der Waals surface area contributed by atoms with Crippen molar-refractivity contribution in [2.45, 2.75) is 0 Å². The Bertz CT molecular complexity index is 933. The van der Waals surface area contributed by atoms with Gasteiger partial charge in [-0.25, -0.2) is 19.1 Å². The van der Waals surface area contributed by atoms with Gasteiger partial charge in [0.2, 0.25) is 24.3 Å². The summed E-state index contributed by atoms with van der Waals surface area (Å²) in [6, 6.07) is 11.9. The SMILES string of the molecule is C[n+]1ccn(-c2cccc(-c3cccc(-n4cc[n+](C)c4)n3)n2)c1.O.[I-].[I-]. The molecule has 0 aliphatic heterocycles. The molecule has 2 N–H and O–H groups in total. The van der Waals surface area contributed by atoms with E-state index in [0.717, 1.165) is 23.0 Å². The second-order valence-corrected chi connectivity index (χ2v) is 5.73. The molecule has 0 aliphatic rings. The smallest absolute Gasteiger partial charge is 0.250 e. The molecule has 0 unspecified atom stereocenters. The number of nitrogens with zero attached hydrogens (tertiary/aromatic N) is 6. The Kier molecular flexibility index (Phi) is 8.50. The van der Waals surface area contributed by atoms with Gasteiger partial charge in [-0.3, -0.25) is 0 Å². The standard InChI is InChI=1S/C18H18N6.2HI.H2O/c1-21-9-11-23(13-21)17-7-3-5-15(19-17)16-6-4-8-18(20-16)24-12-10-22(2)14-24;;;/h3-14H,1-2H3;2*1H;1H2/q+2;;;/p-2. The highest BCUT2D eigenvalue weighted by Gasteiger charge is 2.11. The van der Waals surface area contributed by atoms with E-state index in [1.807, 2.05) is 106 Å². The van der Waals surface area contributed by atoms with E-state index < -0.39 is 0 Å². The highest BCUT2D eigenvalue weighted by atomic mass is 127. The van der Waals surface area contributed by atoms with Crippen molar-refractivity contribution in [3.63, 3.8) is 0 Å². The van der Waals surface area contributed by atoms with E-state index in [0.29, 0.717) is 0 Å². The molecule has 0 saturated carbocycles. The van der Waals surface area contributed by atoms with Gasteiger partial charge in [0.05, 0.1) is 25.5 Å². The maximum atomic E-state index is 4.74. The number of rotatable bonds is 3. The van der Waals surface area contributed by atoms with E-state index in [1.54, 1.807) is 0 Å². The summed E-state index contributed by atoms with van der Waals surface area (Å²) in [7, 11) is 3.98. The van der Waals surface area contributed by atoms with Crippen molar-refractivity contribution in [2.75, 3.05) is 0 Å². The number of halogens is 2. The van der Waals surface area contributed by atoms with Gasteiger partial charge < -0.3 is 53.4 Å². The van der Waals surface area contributed by atoms with Gasteiger partial charge in [0.25, 0.3) is 0 Å². The monoisotopic (exact) mass is 590 g/mol. The lowest BCUT2D eigenvalue weighted by atomic mass is 10.2. The maximum absolute atomic E-state index is 4.74. The van der Waals surface area contributed by atoms with Crippen LogP contribution in [-0.2, 0) is 14.1 Å². The van der Waals surface area contributed by atoms with Crippen LogP contribution >= 0.6 is 0 Å². The Balaban J connectivity index is 0.00000121. The normalized spacial score (nSPS) is 9.70. The van der Waals surface area contributed by atoms with Gasteiger partial charge in [0.1, 0.15) is 24.8 Å². The third-order valence-corrected chi connectivity index (χ3v) is 3.80. The lowest BCUT2D eigenvalue weighted by molar-refractivity contribution is -0.670. The third-order valence-electron chi connectivity index (χ3n) is 3.80. The summed E-state index contributed by atoms with van der Waals surface area (Å²) in [5, 5.41) is 0. The maximum Gasteiger partial charge on any atom is 0.250 e. The molecule has 4 aromatic heterocycles. The molecule has 9 heteroatoms. The van der Waals surface area contributed by atoms with Crippen molar-refractivity contribution in [1.29, 1.82) is 0 Å². The van der Waals surface area contributed by atoms with Crippen LogP contribution in [0.5, 0.6) is 0 Å². The van der Waals surface area contributed by atoms with E-state index >= 15 is 0 Å². The van der Waals surface area contributed by atoms with E-state index in [-0.39, 0.29) is 53.4 Å². The van der Waals surface area contributed by atoms with Gasteiger partial charge in [0, 0.05) is 12.1 Å². The fraction of sp³-hybridized carbons (Fsp3) is 0.111. The molecule has 0 aliphatic carbocycles. The van der Waals surface area contributed by atoms with E-state index in [1.165, 1.54) is 0 Å². The van der Waals surface area contributed by atoms with Gasteiger partial charge >= 0.3 is 0 Å². The number of pyridine rings is 2. The number of imidazole rings is 2. The number of hydrogen-bond donors (Lipinski definition) is 0. The third kappa shape index (κ3) is 5.11. The van der Waals surface area contributed by atoms with Crippen LogP contribution in [0, 0.1) is 0 Å². The Hall–Kier alpha value is -1.86. The van der Waals surface area contributed by atoms with Crippen molar-refractivity contribution in [3.05, 3.63) is 73.8 Å². The fourth-order valence-corrected chi connectivity index (χ4v) is 2.59. The first kappa shape index (κ1) is 23.2. The summed E-state index contributed by atoms with van der Waals surface area (Å²) in [5.41, 5.74) is 1.70. The second-order valence-electron chi connectivity index (χ2n) is 5.73. The largest absolute Gasteiger partial charge is 1.00 e. The van der Waals surface area contributed by atoms with Crippen molar-refractivity contribution in [1.82, 2.24) is 19.1 Å². The summed E-state index contributed by atoms with van der Waals surface area (Å²) in [6.07, 6.45) is 11.9. The molecular weight excluding hydrogens is 570 g/mol. The summed E-state index contributed by atoms with van der Waals surface area (Å²) in [4.78, 5) is 9.48. The molecule has 4 aromatic rings. The van der Waals surface area contributed by atoms with Crippen LogP contribution < -0.4 is 57.1 Å². The number of aryl methyl sites for hydroxylation is 2. The summed E-state index contributed by atoms with van der Waals surface area (Å²) in [5.74, 6) is 1.74. The summed E-state index contributed by atoms with van der Waals surface area (Å²) >= 11 is 0. The van der Waals surface area contributed by atoms with Crippen LogP contribution in [0.1, 0.15) is 0 Å². The molecular formula is C18H20I2N6O. The number of hydrogen-bond acceptors (Lipinski definition) is 2. The molecule has 0 fully saturated rings. The zero-order valence-corrected chi connectivity index (χ0v) is 19.2. The molecule has 0 saturated heterocycles. The Morgan fingerprint density at radius 2 is 1.11 bits per heavy atom. The molecule has 4 rings (SSSR count). The predicted molar refractivity (Wildman–Crippen MR) is 92.1 cm³/mol. The zero-order valence-electron chi connectivity index (χ0n) is 14.9. The molecule has 7 nitrogen and oxygen atoms in total. The Morgan fingerprint density at radius 3 is 1.44 bits per heavy atom. The summed E-state index contributed by atoms with van der Waals surface area (Å²) in [6.45, 7) is 0. The molecule has 4 heterocycles. The average Bonchev–Trinajstić information content (AvgIpc) is 3.24. The zero-order chi connectivity index (χ0) is 16.5. The van der Waals surface area contributed by atoms with Crippen LogP contribution in [0.4, 0.5) is 0 Å². The minimum absolute atomic E-state index is 0. The van der Waals surface area contributed by atoms with Crippen LogP contribution in [0.3, 0.4) is 0 Å². The quantitative estimate of drug-likeness (QED) is 0.177. The van der Waals surface area contributed by atoms with Crippen molar-refractivity contribution in [3.8, 4) is 23.0 Å². The van der Waals surface area contributed by atoms with Crippen LogP contribution in [-0.4, -0.2) is 24.6 Å². The molecule has 142 valence electrons. The van der Waals surface area contributed by atoms with Crippen LogP contribution in [0.2, 0.25) is 0 Å². The molecule has 27 heavy (non-hydrogen) atoms. The lowest BCUT2D eigenvalue weighted by Gasteiger charge is -2.03. The van der Waals surface area contributed by atoms with Crippen LogP contribution in [0.25, 0.3) is 23.0 Å². The van der Waals surface area contributed by atoms with Gasteiger partial charge in [-0.2, -0.15) is 9.13 Å². The lowest BCUT2D eigenvalue weighted by Crippen LogP contribution is -3.00. The molecule has 0 amide bonds. The fourth-order valence-electron chi connectivity index (χ4n) is 2.59. The number of aromatic nitrogens is 6. The first-order chi connectivity index (χ1) is 11.7. The topological polar surface area (TPSA) is 74.9 Å². The summed E-state index contributed by atoms with van der Waals surface area (Å²) < 4.78 is 7.94. The minimum atomic E-state index is 0. The van der Waals surface area contributed by atoms with E-state index in [4.69, 9.17) is 9.97 Å². The molecule has 0 radical (unpaired) electrons.